The van der Waals surface area contributed by atoms with Crippen LogP contribution in [-0.4, -0.2) is 10.2 Å². The van der Waals surface area contributed by atoms with Gasteiger partial charge in [0.2, 0.25) is 0 Å². The molecular formula is C15H22N2. The largest absolute Gasteiger partial charge is 0.281 e. The number of fused-ring (bicyclic) bond motifs is 1. The van der Waals surface area contributed by atoms with Crippen molar-refractivity contribution in [3.63, 3.8) is 0 Å². The minimum absolute atomic E-state index is 0.583. The lowest BCUT2D eigenvalue weighted by Crippen LogP contribution is -1.95. The molecule has 0 aliphatic rings. The van der Waals surface area contributed by atoms with Crippen LogP contribution in [0.4, 0.5) is 0 Å². The van der Waals surface area contributed by atoms with E-state index in [0.717, 1.165) is 5.52 Å². The molecular weight excluding hydrogens is 208 g/mol. The summed E-state index contributed by atoms with van der Waals surface area (Å²) in [5.74, 6) is 0.583. The Labute approximate surface area is 103 Å². The summed E-state index contributed by atoms with van der Waals surface area (Å²) in [6.45, 7) is 4.55. The second-order valence-corrected chi connectivity index (χ2v) is 4.90. The van der Waals surface area contributed by atoms with E-state index in [1.54, 1.807) is 0 Å². The average Bonchev–Trinajstić information content (AvgIpc) is 2.78. The number of hydrogen-bond donors (Lipinski definition) is 1. The lowest BCUT2D eigenvalue weighted by molar-refractivity contribution is 0.573. The molecule has 0 fully saturated rings. The molecule has 2 heteroatoms. The van der Waals surface area contributed by atoms with Gasteiger partial charge in [-0.2, -0.15) is 5.10 Å². The van der Waals surface area contributed by atoms with Crippen LogP contribution in [0.1, 0.15) is 57.6 Å². The molecule has 92 valence electrons. The van der Waals surface area contributed by atoms with E-state index in [0.29, 0.717) is 5.92 Å². The zero-order valence-electron chi connectivity index (χ0n) is 10.9. The number of benzene rings is 1. The van der Waals surface area contributed by atoms with Gasteiger partial charge in [0.1, 0.15) is 0 Å². The summed E-state index contributed by atoms with van der Waals surface area (Å²) < 4.78 is 0. The molecule has 0 bridgehead atoms. The first kappa shape index (κ1) is 12.2. The molecule has 0 saturated heterocycles. The van der Waals surface area contributed by atoms with Crippen LogP contribution < -0.4 is 0 Å². The lowest BCUT2D eigenvalue weighted by Gasteiger charge is -2.09. The van der Waals surface area contributed by atoms with Gasteiger partial charge < -0.3 is 0 Å². The highest BCUT2D eigenvalue weighted by Crippen LogP contribution is 2.26. The van der Waals surface area contributed by atoms with Gasteiger partial charge in [0.05, 0.1) is 5.52 Å². The Morgan fingerprint density at radius 1 is 1.18 bits per heavy atom. The summed E-state index contributed by atoms with van der Waals surface area (Å²) in [6.07, 6.45) is 6.60. The smallest absolute Gasteiger partial charge is 0.0923 e. The van der Waals surface area contributed by atoms with Crippen molar-refractivity contribution in [2.75, 3.05) is 0 Å². The van der Waals surface area contributed by atoms with Crippen molar-refractivity contribution in [1.82, 2.24) is 10.2 Å². The molecule has 2 nitrogen and oxygen atoms in total. The Morgan fingerprint density at radius 3 is 2.82 bits per heavy atom. The molecule has 1 atom stereocenters. The van der Waals surface area contributed by atoms with Crippen LogP contribution in [0.3, 0.4) is 0 Å². The minimum Gasteiger partial charge on any atom is -0.281 e. The first-order valence-electron chi connectivity index (χ1n) is 6.76. The SMILES string of the molecule is CCCCCCC(C)c1[nH]nc2ccccc12. The third-order valence-corrected chi connectivity index (χ3v) is 3.47. The minimum atomic E-state index is 0.583. The molecule has 0 aliphatic heterocycles. The second-order valence-electron chi connectivity index (χ2n) is 4.90. The fourth-order valence-electron chi connectivity index (χ4n) is 2.38. The molecule has 1 unspecified atom stereocenters. The van der Waals surface area contributed by atoms with Gasteiger partial charge in [-0.25, -0.2) is 0 Å². The standard InChI is InChI=1S/C15H22N2/c1-3-4-5-6-9-12(2)15-13-10-7-8-11-14(13)16-17-15/h7-8,10-12H,3-6,9H2,1-2H3,(H,16,17). The van der Waals surface area contributed by atoms with E-state index in [1.807, 2.05) is 6.07 Å². The zero-order chi connectivity index (χ0) is 12.1. The van der Waals surface area contributed by atoms with Crippen LogP contribution in [-0.2, 0) is 0 Å². The number of aromatic nitrogens is 2. The van der Waals surface area contributed by atoms with Crippen molar-refractivity contribution in [2.24, 2.45) is 0 Å². The molecule has 0 saturated carbocycles. The maximum atomic E-state index is 4.36. The Kier molecular flexibility index (Phi) is 4.18. The average molecular weight is 230 g/mol. The summed E-state index contributed by atoms with van der Waals surface area (Å²) in [5, 5.41) is 8.85. The van der Waals surface area contributed by atoms with E-state index in [9.17, 15) is 0 Å². The topological polar surface area (TPSA) is 28.7 Å². The number of nitrogens with zero attached hydrogens (tertiary/aromatic N) is 1. The molecule has 1 aromatic carbocycles. The number of hydrogen-bond acceptors (Lipinski definition) is 1. The van der Waals surface area contributed by atoms with E-state index in [1.165, 1.54) is 43.2 Å². The Morgan fingerprint density at radius 2 is 2.00 bits per heavy atom. The van der Waals surface area contributed by atoms with Crippen LogP contribution in [0.2, 0.25) is 0 Å². The van der Waals surface area contributed by atoms with Crippen LogP contribution in [0.25, 0.3) is 10.9 Å². The van der Waals surface area contributed by atoms with Crippen LogP contribution >= 0.6 is 0 Å². The highest BCUT2D eigenvalue weighted by atomic mass is 15.1. The van der Waals surface area contributed by atoms with Gasteiger partial charge in [-0.05, 0) is 18.4 Å². The quantitative estimate of drug-likeness (QED) is 0.720. The Balaban J connectivity index is 2.01. The third kappa shape index (κ3) is 2.87. The van der Waals surface area contributed by atoms with Crippen molar-refractivity contribution < 1.29 is 0 Å². The van der Waals surface area contributed by atoms with Crippen molar-refractivity contribution in [3.05, 3.63) is 30.0 Å². The maximum absolute atomic E-state index is 4.36. The van der Waals surface area contributed by atoms with Crippen LogP contribution in [0.5, 0.6) is 0 Å². The highest BCUT2D eigenvalue weighted by Gasteiger charge is 2.11. The highest BCUT2D eigenvalue weighted by molar-refractivity contribution is 5.81. The van der Waals surface area contributed by atoms with E-state index < -0.39 is 0 Å². The van der Waals surface area contributed by atoms with Gasteiger partial charge in [-0.3, -0.25) is 5.10 Å². The Bertz CT molecular complexity index is 459. The fourth-order valence-corrected chi connectivity index (χ4v) is 2.38. The number of para-hydroxylation sites is 1. The molecule has 0 amide bonds. The van der Waals surface area contributed by atoms with E-state index in [-0.39, 0.29) is 0 Å². The van der Waals surface area contributed by atoms with Gasteiger partial charge in [-0.15, -0.1) is 0 Å². The summed E-state index contributed by atoms with van der Waals surface area (Å²) in [7, 11) is 0. The fraction of sp³-hybridized carbons (Fsp3) is 0.533. The first-order chi connectivity index (χ1) is 8.33. The summed E-state index contributed by atoms with van der Waals surface area (Å²) in [4.78, 5) is 0. The molecule has 0 aliphatic carbocycles. The molecule has 1 N–H and O–H groups in total. The van der Waals surface area contributed by atoms with Gasteiger partial charge in [0.15, 0.2) is 0 Å². The number of nitrogens with one attached hydrogen (secondary N) is 1. The maximum Gasteiger partial charge on any atom is 0.0923 e. The predicted molar refractivity (Wildman–Crippen MR) is 73.3 cm³/mol. The molecule has 0 spiro atoms. The van der Waals surface area contributed by atoms with Crippen LogP contribution in [0.15, 0.2) is 24.3 Å². The Hall–Kier alpha value is -1.31. The molecule has 2 rings (SSSR count). The molecule has 0 radical (unpaired) electrons. The van der Waals surface area contributed by atoms with Gasteiger partial charge in [0, 0.05) is 11.1 Å². The second kappa shape index (κ2) is 5.85. The summed E-state index contributed by atoms with van der Waals surface area (Å²) >= 11 is 0. The first-order valence-corrected chi connectivity index (χ1v) is 6.76. The van der Waals surface area contributed by atoms with E-state index in [2.05, 4.69) is 42.2 Å². The summed E-state index contributed by atoms with van der Waals surface area (Å²) in [6, 6.07) is 8.36. The monoisotopic (exact) mass is 230 g/mol. The van der Waals surface area contributed by atoms with Crippen molar-refractivity contribution >= 4 is 10.9 Å². The number of aromatic amines is 1. The number of H-pyrrole nitrogens is 1. The number of unbranched alkanes of at least 4 members (excludes halogenated alkanes) is 3. The van der Waals surface area contributed by atoms with Gasteiger partial charge >= 0.3 is 0 Å². The van der Waals surface area contributed by atoms with Gasteiger partial charge in [0.25, 0.3) is 0 Å². The van der Waals surface area contributed by atoms with Crippen molar-refractivity contribution in [3.8, 4) is 0 Å². The van der Waals surface area contributed by atoms with Crippen molar-refractivity contribution in [1.29, 1.82) is 0 Å². The third-order valence-electron chi connectivity index (χ3n) is 3.47. The predicted octanol–water partition coefficient (Wildman–Crippen LogP) is 4.64. The molecule has 1 aromatic heterocycles. The number of rotatable bonds is 6. The molecule has 17 heavy (non-hydrogen) atoms. The normalized spacial score (nSPS) is 13.1. The zero-order valence-corrected chi connectivity index (χ0v) is 10.9. The van der Waals surface area contributed by atoms with E-state index >= 15 is 0 Å². The molecule has 2 aromatic rings. The van der Waals surface area contributed by atoms with Gasteiger partial charge in [-0.1, -0.05) is 57.7 Å². The van der Waals surface area contributed by atoms with Crippen molar-refractivity contribution in [2.45, 2.75) is 51.9 Å². The van der Waals surface area contributed by atoms with Crippen LogP contribution in [0, 0.1) is 0 Å². The molecule has 1 heterocycles. The summed E-state index contributed by atoms with van der Waals surface area (Å²) in [5.41, 5.74) is 2.39. The lowest BCUT2D eigenvalue weighted by atomic mass is 9.97. The van der Waals surface area contributed by atoms with E-state index in [4.69, 9.17) is 0 Å².